The minimum Gasteiger partial charge on any atom is -0.462 e. The van der Waals surface area contributed by atoms with Crippen LogP contribution in [-0.4, -0.2) is 26.0 Å². The standard InChI is InChI=1S/C13H13ClN2O4S2/c1-3-20-12(17)11-8(2)15-13(21-11)16-22(18,19)10-6-4-9(14)5-7-10/h4-7H,3H2,1-2H3,(H,15,16). The molecule has 0 saturated carbocycles. The molecule has 0 atom stereocenters. The highest BCUT2D eigenvalue weighted by atomic mass is 35.5. The van der Waals surface area contributed by atoms with Crippen LogP contribution in [0.3, 0.4) is 0 Å². The maximum absolute atomic E-state index is 12.2. The van der Waals surface area contributed by atoms with E-state index in [0.717, 1.165) is 11.3 Å². The van der Waals surface area contributed by atoms with Gasteiger partial charge in [-0.25, -0.2) is 18.2 Å². The van der Waals surface area contributed by atoms with E-state index in [1.54, 1.807) is 13.8 Å². The Morgan fingerprint density at radius 2 is 2.00 bits per heavy atom. The van der Waals surface area contributed by atoms with E-state index in [-0.39, 0.29) is 21.5 Å². The van der Waals surface area contributed by atoms with E-state index in [1.165, 1.54) is 24.3 Å². The molecule has 0 aliphatic rings. The Morgan fingerprint density at radius 1 is 1.36 bits per heavy atom. The van der Waals surface area contributed by atoms with Crippen LogP contribution >= 0.6 is 22.9 Å². The molecule has 1 N–H and O–H groups in total. The molecule has 1 aromatic carbocycles. The van der Waals surface area contributed by atoms with Crippen molar-refractivity contribution in [2.45, 2.75) is 18.7 Å². The van der Waals surface area contributed by atoms with Crippen LogP contribution in [-0.2, 0) is 14.8 Å². The van der Waals surface area contributed by atoms with Gasteiger partial charge in [-0.05, 0) is 38.1 Å². The number of aromatic nitrogens is 1. The topological polar surface area (TPSA) is 85.4 Å². The minimum atomic E-state index is -3.78. The fraction of sp³-hybridized carbons (Fsp3) is 0.231. The summed E-state index contributed by atoms with van der Waals surface area (Å²) in [7, 11) is -3.78. The third-order valence-corrected chi connectivity index (χ3v) is 5.39. The lowest BCUT2D eigenvalue weighted by molar-refractivity contribution is 0.0531. The number of carbonyl (C=O) groups is 1. The number of hydrogen-bond acceptors (Lipinski definition) is 6. The van der Waals surface area contributed by atoms with Crippen molar-refractivity contribution >= 4 is 44.1 Å². The van der Waals surface area contributed by atoms with Gasteiger partial charge in [0.1, 0.15) is 4.88 Å². The van der Waals surface area contributed by atoms with Crippen LogP contribution in [0.5, 0.6) is 0 Å². The van der Waals surface area contributed by atoms with Crippen LogP contribution in [0.4, 0.5) is 5.13 Å². The Morgan fingerprint density at radius 3 is 2.59 bits per heavy atom. The second-order valence-corrected chi connectivity index (χ2v) is 7.33. The fourth-order valence-corrected chi connectivity index (χ4v) is 3.83. The largest absolute Gasteiger partial charge is 0.462 e. The van der Waals surface area contributed by atoms with E-state index in [9.17, 15) is 13.2 Å². The maximum atomic E-state index is 12.2. The average Bonchev–Trinajstić information content (AvgIpc) is 2.79. The summed E-state index contributed by atoms with van der Waals surface area (Å²) in [6.45, 7) is 3.54. The Bertz CT molecular complexity index is 785. The van der Waals surface area contributed by atoms with Crippen LogP contribution in [0.2, 0.25) is 5.02 Å². The van der Waals surface area contributed by atoms with Gasteiger partial charge in [0.25, 0.3) is 10.0 Å². The van der Waals surface area contributed by atoms with Gasteiger partial charge in [0.15, 0.2) is 5.13 Å². The lowest BCUT2D eigenvalue weighted by atomic mass is 10.4. The first-order chi connectivity index (χ1) is 10.3. The van der Waals surface area contributed by atoms with E-state index < -0.39 is 16.0 Å². The van der Waals surface area contributed by atoms with E-state index in [1.807, 2.05) is 0 Å². The molecule has 2 rings (SSSR count). The lowest BCUT2D eigenvalue weighted by Crippen LogP contribution is -2.12. The highest BCUT2D eigenvalue weighted by Gasteiger charge is 2.20. The van der Waals surface area contributed by atoms with Gasteiger partial charge >= 0.3 is 5.97 Å². The molecule has 0 spiro atoms. The zero-order chi connectivity index (χ0) is 16.3. The predicted molar refractivity (Wildman–Crippen MR) is 85.1 cm³/mol. The van der Waals surface area contributed by atoms with Crippen LogP contribution < -0.4 is 4.72 Å². The highest BCUT2D eigenvalue weighted by molar-refractivity contribution is 7.93. The second kappa shape index (κ2) is 6.64. The van der Waals surface area contributed by atoms with Crippen LogP contribution in [0.15, 0.2) is 29.2 Å². The Labute approximate surface area is 137 Å². The fourth-order valence-electron chi connectivity index (χ4n) is 1.61. The molecule has 0 fully saturated rings. The van der Waals surface area contributed by atoms with Gasteiger partial charge in [-0.3, -0.25) is 4.72 Å². The molecule has 0 bridgehead atoms. The van der Waals surface area contributed by atoms with Crippen molar-refractivity contribution in [1.29, 1.82) is 0 Å². The molecule has 1 heterocycles. The molecule has 0 saturated heterocycles. The monoisotopic (exact) mass is 360 g/mol. The number of esters is 1. The molecule has 0 unspecified atom stereocenters. The third-order valence-electron chi connectivity index (χ3n) is 2.60. The lowest BCUT2D eigenvalue weighted by Gasteiger charge is -2.04. The summed E-state index contributed by atoms with van der Waals surface area (Å²) < 4.78 is 31.7. The summed E-state index contributed by atoms with van der Waals surface area (Å²) in [6, 6.07) is 5.73. The van der Waals surface area contributed by atoms with Crippen LogP contribution in [0.25, 0.3) is 0 Å². The highest BCUT2D eigenvalue weighted by Crippen LogP contribution is 2.26. The summed E-state index contributed by atoms with van der Waals surface area (Å²) >= 11 is 6.66. The van der Waals surface area contributed by atoms with Gasteiger partial charge in [0, 0.05) is 5.02 Å². The Balaban J connectivity index is 2.25. The van der Waals surface area contributed by atoms with Crippen molar-refractivity contribution in [2.24, 2.45) is 0 Å². The van der Waals surface area contributed by atoms with Gasteiger partial charge in [-0.1, -0.05) is 22.9 Å². The number of halogens is 1. The Kier molecular flexibility index (Phi) is 5.05. The Hall–Kier alpha value is -1.64. The van der Waals surface area contributed by atoms with Gasteiger partial charge in [0.05, 0.1) is 17.2 Å². The molecule has 6 nitrogen and oxygen atoms in total. The number of nitrogens with zero attached hydrogens (tertiary/aromatic N) is 1. The molecular weight excluding hydrogens is 348 g/mol. The van der Waals surface area contributed by atoms with Crippen LogP contribution in [0, 0.1) is 6.92 Å². The van der Waals surface area contributed by atoms with Gasteiger partial charge in [-0.2, -0.15) is 0 Å². The molecule has 2 aromatic rings. The smallest absolute Gasteiger partial charge is 0.350 e. The quantitative estimate of drug-likeness (QED) is 0.828. The number of sulfonamides is 1. The number of rotatable bonds is 5. The number of hydrogen-bond donors (Lipinski definition) is 1. The number of anilines is 1. The van der Waals surface area contributed by atoms with E-state index in [0.29, 0.717) is 10.7 Å². The van der Waals surface area contributed by atoms with Crippen molar-refractivity contribution < 1.29 is 17.9 Å². The molecule has 0 radical (unpaired) electrons. The van der Waals surface area contributed by atoms with E-state index >= 15 is 0 Å². The predicted octanol–water partition coefficient (Wildman–Crippen LogP) is 3.08. The number of carbonyl (C=O) groups excluding carboxylic acids is 1. The summed E-state index contributed by atoms with van der Waals surface area (Å²) in [5.41, 5.74) is 0.414. The number of aryl methyl sites for hydroxylation is 1. The van der Waals surface area contributed by atoms with Gasteiger partial charge < -0.3 is 4.74 Å². The van der Waals surface area contributed by atoms with Gasteiger partial charge in [0.2, 0.25) is 0 Å². The van der Waals surface area contributed by atoms with Crippen molar-refractivity contribution in [1.82, 2.24) is 4.98 Å². The summed E-state index contributed by atoms with van der Waals surface area (Å²) in [6.07, 6.45) is 0. The normalized spacial score (nSPS) is 11.2. The van der Waals surface area contributed by atoms with E-state index in [4.69, 9.17) is 16.3 Å². The molecule has 0 aliphatic carbocycles. The molecule has 1 aromatic heterocycles. The first-order valence-electron chi connectivity index (χ1n) is 6.26. The second-order valence-electron chi connectivity index (χ2n) is 4.21. The van der Waals surface area contributed by atoms with E-state index in [2.05, 4.69) is 9.71 Å². The summed E-state index contributed by atoms with van der Waals surface area (Å²) in [5, 5.41) is 0.546. The van der Waals surface area contributed by atoms with Crippen molar-refractivity contribution in [3.8, 4) is 0 Å². The third kappa shape index (κ3) is 3.76. The zero-order valence-corrected chi connectivity index (χ0v) is 14.2. The molecule has 22 heavy (non-hydrogen) atoms. The minimum absolute atomic E-state index is 0.0578. The molecule has 9 heteroatoms. The first kappa shape index (κ1) is 16.7. The van der Waals surface area contributed by atoms with Crippen LogP contribution in [0.1, 0.15) is 22.3 Å². The first-order valence-corrected chi connectivity index (χ1v) is 8.94. The van der Waals surface area contributed by atoms with Gasteiger partial charge in [-0.15, -0.1) is 0 Å². The SMILES string of the molecule is CCOC(=O)c1sc(NS(=O)(=O)c2ccc(Cl)cc2)nc1C. The summed E-state index contributed by atoms with van der Waals surface area (Å²) in [5.74, 6) is -0.519. The van der Waals surface area contributed by atoms with Crippen molar-refractivity contribution in [3.63, 3.8) is 0 Å². The summed E-state index contributed by atoms with van der Waals surface area (Å²) in [4.78, 5) is 16.1. The number of nitrogens with one attached hydrogen (secondary N) is 1. The van der Waals surface area contributed by atoms with Crippen molar-refractivity contribution in [2.75, 3.05) is 11.3 Å². The van der Waals surface area contributed by atoms with Crippen molar-refractivity contribution in [3.05, 3.63) is 39.9 Å². The molecule has 118 valence electrons. The average molecular weight is 361 g/mol. The number of benzene rings is 1. The maximum Gasteiger partial charge on any atom is 0.350 e. The molecule has 0 amide bonds. The molecular formula is C13H13ClN2O4S2. The number of ether oxygens (including phenoxy) is 1. The number of thiazole rings is 1. The zero-order valence-electron chi connectivity index (χ0n) is 11.8. The molecule has 0 aliphatic heterocycles.